The zero-order valence-electron chi connectivity index (χ0n) is 8.08. The fourth-order valence-corrected chi connectivity index (χ4v) is 2.52. The van der Waals surface area contributed by atoms with Crippen LogP contribution in [0.2, 0.25) is 0 Å². The third-order valence-corrected chi connectivity index (χ3v) is 3.27. The van der Waals surface area contributed by atoms with Crippen molar-refractivity contribution in [3.05, 3.63) is 28.1 Å². The van der Waals surface area contributed by atoms with Gasteiger partial charge in [0.15, 0.2) is 5.78 Å². The largest absolute Gasteiger partial charge is 0.500 e. The maximum absolute atomic E-state index is 11.7. The lowest BCUT2D eigenvalue weighted by molar-refractivity contribution is -0.114. The van der Waals surface area contributed by atoms with Gasteiger partial charge in [0.1, 0.15) is 5.76 Å². The quantitative estimate of drug-likeness (QED) is 0.747. The van der Waals surface area contributed by atoms with Gasteiger partial charge in [-0.15, -0.1) is 11.3 Å². The smallest absolute Gasteiger partial charge is 0.167 e. The number of Topliss-reactive ketones (excluding diaryl/α,β-unsaturated/α-hetero) is 1. The number of hydrogen-bond acceptors (Lipinski definition) is 3. The predicted octanol–water partition coefficient (Wildman–Crippen LogP) is 2.86. The third-order valence-electron chi connectivity index (χ3n) is 2.38. The minimum absolute atomic E-state index is 0.218. The highest BCUT2D eigenvalue weighted by Gasteiger charge is 2.23. The molecule has 1 heterocycles. The predicted molar refractivity (Wildman–Crippen MR) is 57.1 cm³/mol. The van der Waals surface area contributed by atoms with Crippen LogP contribution in [0.5, 0.6) is 0 Å². The lowest BCUT2D eigenvalue weighted by Crippen LogP contribution is -2.10. The van der Waals surface area contributed by atoms with E-state index in [0.29, 0.717) is 6.42 Å². The van der Waals surface area contributed by atoms with Crippen LogP contribution in [0.15, 0.2) is 23.3 Å². The van der Waals surface area contributed by atoms with Gasteiger partial charge in [-0.3, -0.25) is 4.79 Å². The fourth-order valence-electron chi connectivity index (χ4n) is 1.71. The monoisotopic (exact) mass is 208 g/mol. The van der Waals surface area contributed by atoms with Gasteiger partial charge in [0.2, 0.25) is 0 Å². The molecule has 0 aliphatic heterocycles. The molecule has 1 aromatic rings. The van der Waals surface area contributed by atoms with Crippen molar-refractivity contribution in [3.8, 4) is 0 Å². The number of ether oxygens (including phenoxy) is 1. The van der Waals surface area contributed by atoms with E-state index in [-0.39, 0.29) is 5.78 Å². The topological polar surface area (TPSA) is 26.3 Å². The standard InChI is InChI=1S/C11H12O2S/c1-13-9-5-2-4-8(12)11(9)10-6-3-7-14-10/h3,6-7H,2,4-5H2,1H3. The molecule has 0 saturated heterocycles. The summed E-state index contributed by atoms with van der Waals surface area (Å²) in [6, 6.07) is 3.93. The molecule has 1 aromatic heterocycles. The zero-order valence-corrected chi connectivity index (χ0v) is 8.89. The average Bonchev–Trinajstić information content (AvgIpc) is 2.70. The Bertz CT molecular complexity index is 363. The van der Waals surface area contributed by atoms with Crippen molar-refractivity contribution in [1.82, 2.24) is 0 Å². The first-order chi connectivity index (χ1) is 6.83. The van der Waals surface area contributed by atoms with Gasteiger partial charge in [-0.1, -0.05) is 6.07 Å². The Morgan fingerprint density at radius 3 is 2.93 bits per heavy atom. The Morgan fingerprint density at radius 2 is 2.29 bits per heavy atom. The Kier molecular flexibility index (Phi) is 2.68. The van der Waals surface area contributed by atoms with Crippen LogP contribution in [0.4, 0.5) is 0 Å². The molecule has 0 atom stereocenters. The van der Waals surface area contributed by atoms with E-state index in [1.165, 1.54) is 0 Å². The Hall–Kier alpha value is -1.09. The number of hydrogen-bond donors (Lipinski definition) is 0. The number of thiophene rings is 1. The molecule has 0 fully saturated rings. The first-order valence-corrected chi connectivity index (χ1v) is 5.55. The molecule has 0 N–H and O–H groups in total. The van der Waals surface area contributed by atoms with Crippen LogP contribution in [0.3, 0.4) is 0 Å². The van der Waals surface area contributed by atoms with Crippen molar-refractivity contribution < 1.29 is 9.53 Å². The summed E-state index contributed by atoms with van der Waals surface area (Å²) in [6.07, 6.45) is 2.45. The average molecular weight is 208 g/mol. The highest BCUT2D eigenvalue weighted by atomic mass is 32.1. The van der Waals surface area contributed by atoms with E-state index >= 15 is 0 Å². The van der Waals surface area contributed by atoms with Crippen LogP contribution in [0, 0.1) is 0 Å². The Balaban J connectivity index is 2.46. The van der Waals surface area contributed by atoms with E-state index in [1.54, 1.807) is 18.4 Å². The minimum Gasteiger partial charge on any atom is -0.500 e. The zero-order chi connectivity index (χ0) is 9.97. The van der Waals surface area contributed by atoms with Crippen molar-refractivity contribution >= 4 is 22.7 Å². The number of ketones is 1. The van der Waals surface area contributed by atoms with Crippen LogP contribution in [0.25, 0.3) is 5.57 Å². The number of carbonyl (C=O) groups excluding carboxylic acids is 1. The first kappa shape index (κ1) is 9.46. The summed E-state index contributed by atoms with van der Waals surface area (Å²) in [7, 11) is 1.64. The van der Waals surface area contributed by atoms with Crippen LogP contribution in [-0.4, -0.2) is 12.9 Å². The van der Waals surface area contributed by atoms with Crippen LogP contribution < -0.4 is 0 Å². The molecule has 0 aromatic carbocycles. The van der Waals surface area contributed by atoms with Crippen molar-refractivity contribution in [2.45, 2.75) is 19.3 Å². The Labute approximate surface area is 87.2 Å². The maximum Gasteiger partial charge on any atom is 0.167 e. The van der Waals surface area contributed by atoms with E-state index in [9.17, 15) is 4.79 Å². The van der Waals surface area contributed by atoms with Gasteiger partial charge in [0.05, 0.1) is 12.7 Å². The second-order valence-corrected chi connectivity index (χ2v) is 4.20. The molecular formula is C11H12O2S. The summed E-state index contributed by atoms with van der Waals surface area (Å²) in [5, 5.41) is 1.98. The van der Waals surface area contributed by atoms with Crippen molar-refractivity contribution in [3.63, 3.8) is 0 Å². The molecule has 74 valence electrons. The van der Waals surface area contributed by atoms with E-state index in [1.807, 2.05) is 17.5 Å². The van der Waals surface area contributed by atoms with Crippen molar-refractivity contribution in [2.75, 3.05) is 7.11 Å². The summed E-state index contributed by atoms with van der Waals surface area (Å²) < 4.78 is 5.26. The summed E-state index contributed by atoms with van der Waals surface area (Å²) in [4.78, 5) is 12.8. The van der Waals surface area contributed by atoms with Crippen LogP contribution in [-0.2, 0) is 9.53 Å². The summed E-state index contributed by atoms with van der Waals surface area (Å²) in [5.41, 5.74) is 0.800. The molecule has 1 aliphatic rings. The second kappa shape index (κ2) is 3.96. The maximum atomic E-state index is 11.7. The second-order valence-electron chi connectivity index (χ2n) is 3.26. The number of rotatable bonds is 2. The SMILES string of the molecule is COC1=C(c2cccs2)C(=O)CCC1. The number of allylic oxidation sites excluding steroid dienone is 2. The molecular weight excluding hydrogens is 196 g/mol. The number of carbonyl (C=O) groups is 1. The van der Waals surface area contributed by atoms with Gasteiger partial charge in [0.25, 0.3) is 0 Å². The molecule has 3 heteroatoms. The molecule has 1 aliphatic carbocycles. The fraction of sp³-hybridized carbons (Fsp3) is 0.364. The lowest BCUT2D eigenvalue weighted by atomic mass is 9.95. The molecule has 2 nitrogen and oxygen atoms in total. The van der Waals surface area contributed by atoms with Crippen LogP contribution in [0.1, 0.15) is 24.1 Å². The summed E-state index contributed by atoms with van der Waals surface area (Å²) in [6.45, 7) is 0. The molecule has 2 rings (SSSR count). The Morgan fingerprint density at radius 1 is 1.43 bits per heavy atom. The molecule has 14 heavy (non-hydrogen) atoms. The molecule has 0 radical (unpaired) electrons. The minimum atomic E-state index is 0.218. The van der Waals surface area contributed by atoms with Gasteiger partial charge in [-0.05, 0) is 17.9 Å². The van der Waals surface area contributed by atoms with E-state index < -0.39 is 0 Å². The molecule has 0 bridgehead atoms. The highest BCUT2D eigenvalue weighted by molar-refractivity contribution is 7.11. The molecule has 0 spiro atoms. The summed E-state index contributed by atoms with van der Waals surface area (Å²) >= 11 is 1.59. The first-order valence-electron chi connectivity index (χ1n) is 4.67. The van der Waals surface area contributed by atoms with Crippen molar-refractivity contribution in [1.29, 1.82) is 0 Å². The van der Waals surface area contributed by atoms with Gasteiger partial charge in [-0.25, -0.2) is 0 Å². The van der Waals surface area contributed by atoms with Gasteiger partial charge >= 0.3 is 0 Å². The molecule has 0 unspecified atom stereocenters. The molecule has 0 saturated carbocycles. The third kappa shape index (κ3) is 1.60. The van der Waals surface area contributed by atoms with E-state index in [2.05, 4.69) is 0 Å². The van der Waals surface area contributed by atoms with E-state index in [4.69, 9.17) is 4.74 Å². The highest BCUT2D eigenvalue weighted by Crippen LogP contribution is 2.32. The normalized spacial score (nSPS) is 17.4. The van der Waals surface area contributed by atoms with Crippen LogP contribution >= 0.6 is 11.3 Å². The van der Waals surface area contributed by atoms with Gasteiger partial charge < -0.3 is 4.74 Å². The van der Waals surface area contributed by atoms with Gasteiger partial charge in [-0.2, -0.15) is 0 Å². The molecule has 0 amide bonds. The van der Waals surface area contributed by atoms with Crippen molar-refractivity contribution in [2.24, 2.45) is 0 Å². The van der Waals surface area contributed by atoms with E-state index in [0.717, 1.165) is 29.1 Å². The van der Waals surface area contributed by atoms with Gasteiger partial charge in [0, 0.05) is 17.7 Å². The summed E-state index contributed by atoms with van der Waals surface area (Å²) in [5.74, 6) is 1.07. The lowest BCUT2D eigenvalue weighted by Gasteiger charge is -2.16. The number of methoxy groups -OCH3 is 1.